The number of hydrogen-bond acceptors (Lipinski definition) is 5. The molecule has 222 valence electrons. The van der Waals surface area contributed by atoms with E-state index in [1.807, 2.05) is 0 Å². The fraction of sp³-hybridized carbons (Fsp3) is 0.727. The van der Waals surface area contributed by atoms with E-state index in [-0.39, 0.29) is 22.5 Å². The summed E-state index contributed by atoms with van der Waals surface area (Å²) in [6, 6.07) is 4.47. The second-order valence-electron chi connectivity index (χ2n) is 12.0. The third kappa shape index (κ3) is 15.5. The highest BCUT2D eigenvalue weighted by molar-refractivity contribution is 6.34. The van der Waals surface area contributed by atoms with Gasteiger partial charge >= 0.3 is 11.9 Å². The zero-order valence-corrected chi connectivity index (χ0v) is 26.2. The minimum absolute atomic E-state index is 0.130. The average molecular weight is 565 g/mol. The fourth-order valence-electron chi connectivity index (χ4n) is 4.58. The first-order valence-electron chi connectivity index (χ1n) is 15.2. The van der Waals surface area contributed by atoms with Crippen molar-refractivity contribution in [1.82, 2.24) is 0 Å². The number of halogens is 1. The molecule has 1 aromatic rings. The molecule has 0 aliphatic heterocycles. The number of hydrogen-bond donors (Lipinski definition) is 0. The van der Waals surface area contributed by atoms with E-state index in [0.29, 0.717) is 12.0 Å². The molecule has 0 N–H and O–H groups in total. The van der Waals surface area contributed by atoms with Crippen LogP contribution in [0.15, 0.2) is 18.2 Å². The van der Waals surface area contributed by atoms with Crippen molar-refractivity contribution in [3.8, 4) is 0 Å². The van der Waals surface area contributed by atoms with Gasteiger partial charge in [0.2, 0.25) is 0 Å². The van der Waals surface area contributed by atoms with Crippen LogP contribution in [0.3, 0.4) is 0 Å². The number of rotatable bonds is 20. The Bertz CT molecular complexity index is 871. The summed E-state index contributed by atoms with van der Waals surface area (Å²) in [7, 11) is 0. The summed E-state index contributed by atoms with van der Waals surface area (Å²) in [5, 5.41) is 0.130. The molecule has 5 nitrogen and oxygen atoms in total. The Labute approximate surface area is 242 Å². The van der Waals surface area contributed by atoms with Gasteiger partial charge in [0.25, 0.3) is 0 Å². The smallest absolute Gasteiger partial charge is 0.339 e. The lowest BCUT2D eigenvalue weighted by Crippen LogP contribution is -2.33. The molecule has 0 saturated carbocycles. The zero-order valence-electron chi connectivity index (χ0n) is 25.4. The van der Waals surface area contributed by atoms with Crippen LogP contribution in [0.1, 0.15) is 159 Å². The molecule has 0 saturated heterocycles. The summed E-state index contributed by atoms with van der Waals surface area (Å²) >= 11 is 6.31. The summed E-state index contributed by atoms with van der Waals surface area (Å²) in [6.45, 7) is 11.2. The van der Waals surface area contributed by atoms with Crippen molar-refractivity contribution in [2.45, 2.75) is 150 Å². The minimum atomic E-state index is -0.897. The van der Waals surface area contributed by atoms with Gasteiger partial charge in [-0.25, -0.2) is 4.79 Å². The summed E-state index contributed by atoms with van der Waals surface area (Å²) in [4.78, 5) is 38.6. The van der Waals surface area contributed by atoms with Crippen molar-refractivity contribution >= 4 is 29.3 Å². The van der Waals surface area contributed by atoms with Crippen LogP contribution in [-0.2, 0) is 14.3 Å². The maximum Gasteiger partial charge on any atom is 0.339 e. The molecule has 0 fully saturated rings. The van der Waals surface area contributed by atoms with Crippen molar-refractivity contribution < 1.29 is 23.9 Å². The van der Waals surface area contributed by atoms with Gasteiger partial charge in [0, 0.05) is 5.56 Å². The van der Waals surface area contributed by atoms with E-state index in [4.69, 9.17) is 21.1 Å². The SMILES string of the molecule is CCCCCCCCCCCCCCCCC(C(=O)OC(C)(C)C)C(=O)c1ccc(C(=O)OC(C)C)c(Cl)c1. The van der Waals surface area contributed by atoms with E-state index in [2.05, 4.69) is 6.92 Å². The normalized spacial score (nSPS) is 12.4. The minimum Gasteiger partial charge on any atom is -0.459 e. The predicted octanol–water partition coefficient (Wildman–Crippen LogP) is 9.92. The molecule has 0 heterocycles. The van der Waals surface area contributed by atoms with E-state index in [9.17, 15) is 14.4 Å². The van der Waals surface area contributed by atoms with E-state index < -0.39 is 23.5 Å². The second kappa shape index (κ2) is 19.2. The quantitative estimate of drug-likeness (QED) is 0.0681. The summed E-state index contributed by atoms with van der Waals surface area (Å²) in [6.07, 6.45) is 17.6. The maximum absolute atomic E-state index is 13.4. The molecule has 0 radical (unpaired) electrons. The lowest BCUT2D eigenvalue weighted by Gasteiger charge is -2.23. The Hall–Kier alpha value is -1.88. The Morgan fingerprint density at radius 1 is 0.795 bits per heavy atom. The molecule has 6 heteroatoms. The van der Waals surface area contributed by atoms with Crippen LogP contribution in [0.25, 0.3) is 0 Å². The van der Waals surface area contributed by atoms with E-state index in [1.165, 1.54) is 88.8 Å². The standard InChI is InChI=1S/C33H53ClO5/c1-7-8-9-10-11-12-13-14-15-16-17-18-19-20-21-28(32(37)39-33(4,5)6)30(35)26-22-23-27(29(34)24-26)31(36)38-25(2)3/h22-25,28H,7-21H2,1-6H3. The number of ketones is 1. The first-order valence-corrected chi connectivity index (χ1v) is 15.6. The van der Waals surface area contributed by atoms with Gasteiger partial charge in [0.15, 0.2) is 5.78 Å². The van der Waals surface area contributed by atoms with Crippen molar-refractivity contribution in [2.75, 3.05) is 0 Å². The van der Waals surface area contributed by atoms with Crippen molar-refractivity contribution in [3.63, 3.8) is 0 Å². The first-order chi connectivity index (χ1) is 18.5. The van der Waals surface area contributed by atoms with Crippen molar-refractivity contribution in [2.24, 2.45) is 5.92 Å². The van der Waals surface area contributed by atoms with E-state index in [1.54, 1.807) is 34.6 Å². The van der Waals surface area contributed by atoms with Gasteiger partial charge in [-0.3, -0.25) is 9.59 Å². The Balaban J connectivity index is 2.56. The first kappa shape index (κ1) is 35.1. The molecule has 0 spiro atoms. The molecule has 0 aliphatic rings. The van der Waals surface area contributed by atoms with Gasteiger partial charge in [-0.15, -0.1) is 0 Å². The molecule has 39 heavy (non-hydrogen) atoms. The van der Waals surface area contributed by atoms with Crippen LogP contribution >= 0.6 is 11.6 Å². The highest BCUT2D eigenvalue weighted by Gasteiger charge is 2.32. The van der Waals surface area contributed by atoms with Crippen LogP contribution in [0, 0.1) is 5.92 Å². The number of carbonyl (C=O) groups excluding carboxylic acids is 3. The molecule has 1 atom stereocenters. The topological polar surface area (TPSA) is 69.7 Å². The Morgan fingerprint density at radius 3 is 1.72 bits per heavy atom. The lowest BCUT2D eigenvalue weighted by molar-refractivity contribution is -0.158. The molecule has 0 aromatic heterocycles. The molecular weight excluding hydrogens is 512 g/mol. The molecule has 1 aromatic carbocycles. The molecule has 1 unspecified atom stereocenters. The van der Waals surface area contributed by atoms with Gasteiger partial charge in [-0.05, 0) is 53.2 Å². The molecule has 0 amide bonds. The highest BCUT2D eigenvalue weighted by Crippen LogP contribution is 2.25. The third-order valence-electron chi connectivity index (χ3n) is 6.67. The van der Waals surface area contributed by atoms with Crippen molar-refractivity contribution in [3.05, 3.63) is 34.3 Å². The molecule has 0 bridgehead atoms. The number of unbranched alkanes of at least 4 members (excludes halogenated alkanes) is 13. The Kier molecular flexibility index (Phi) is 17.3. The number of ether oxygens (including phenoxy) is 2. The number of carbonyl (C=O) groups is 3. The number of Topliss-reactive ketones (excluding diaryl/α,β-unsaturated/α-hetero) is 1. The van der Waals surface area contributed by atoms with Crippen LogP contribution in [0.5, 0.6) is 0 Å². The summed E-state index contributed by atoms with van der Waals surface area (Å²) in [5.41, 5.74) is -0.197. The maximum atomic E-state index is 13.4. The van der Waals surface area contributed by atoms with Crippen LogP contribution in [-0.4, -0.2) is 29.4 Å². The highest BCUT2D eigenvalue weighted by atomic mass is 35.5. The monoisotopic (exact) mass is 564 g/mol. The van der Waals surface area contributed by atoms with E-state index >= 15 is 0 Å². The predicted molar refractivity (Wildman–Crippen MR) is 161 cm³/mol. The summed E-state index contributed by atoms with van der Waals surface area (Å²) in [5.74, 6) is -2.28. The van der Waals surface area contributed by atoms with Crippen LogP contribution in [0.4, 0.5) is 0 Å². The van der Waals surface area contributed by atoms with Gasteiger partial charge in [-0.2, -0.15) is 0 Å². The van der Waals surface area contributed by atoms with E-state index in [0.717, 1.165) is 19.3 Å². The lowest BCUT2D eigenvalue weighted by atomic mass is 9.91. The third-order valence-corrected chi connectivity index (χ3v) is 6.98. The van der Waals surface area contributed by atoms with Crippen LogP contribution < -0.4 is 0 Å². The molecule has 0 aliphatic carbocycles. The van der Waals surface area contributed by atoms with Gasteiger partial charge in [0.1, 0.15) is 11.5 Å². The zero-order chi connectivity index (χ0) is 29.3. The fourth-order valence-corrected chi connectivity index (χ4v) is 4.84. The van der Waals surface area contributed by atoms with Gasteiger partial charge in [0.05, 0.1) is 16.7 Å². The second-order valence-corrected chi connectivity index (χ2v) is 12.4. The average Bonchev–Trinajstić information content (AvgIpc) is 2.84. The Morgan fingerprint density at radius 2 is 1.28 bits per heavy atom. The number of benzene rings is 1. The van der Waals surface area contributed by atoms with Gasteiger partial charge < -0.3 is 9.47 Å². The van der Waals surface area contributed by atoms with Crippen LogP contribution in [0.2, 0.25) is 5.02 Å². The molecular formula is C33H53ClO5. The number of esters is 2. The largest absolute Gasteiger partial charge is 0.459 e. The van der Waals surface area contributed by atoms with Crippen molar-refractivity contribution in [1.29, 1.82) is 0 Å². The summed E-state index contributed by atoms with van der Waals surface area (Å²) < 4.78 is 10.8. The van der Waals surface area contributed by atoms with Gasteiger partial charge in [-0.1, -0.05) is 114 Å². The molecule has 1 rings (SSSR count).